The van der Waals surface area contributed by atoms with E-state index in [2.05, 4.69) is 26.8 Å². The van der Waals surface area contributed by atoms with Gasteiger partial charge in [-0.1, -0.05) is 41.5 Å². The number of aromatic hydroxyl groups is 1. The molecule has 1 aliphatic heterocycles. The van der Waals surface area contributed by atoms with E-state index in [9.17, 15) is 24.3 Å². The molecule has 2 rings (SSSR count). The Morgan fingerprint density at radius 3 is 1.74 bits per heavy atom. The molecular formula is C29H47N5O5. The Kier molecular flexibility index (Phi) is 9.49. The second kappa shape index (κ2) is 11.5. The van der Waals surface area contributed by atoms with Gasteiger partial charge in [0.05, 0.1) is 0 Å². The molecule has 1 heterocycles. The van der Waals surface area contributed by atoms with Crippen LogP contribution in [0.1, 0.15) is 106 Å². The van der Waals surface area contributed by atoms with Gasteiger partial charge in [-0.2, -0.15) is 0 Å². The SMILES string of the molecule is CC1(C)CC(NC(=O)C(=O)NNC(=O)CCC(=O)Nc2cc(C(C)(C)C)c(O)c(C(C)(C)C)c2)CC(C)(C)N1. The second-order valence-corrected chi connectivity index (χ2v) is 13.9. The van der Waals surface area contributed by atoms with Crippen molar-refractivity contribution >= 4 is 29.3 Å². The largest absolute Gasteiger partial charge is 0.507 e. The van der Waals surface area contributed by atoms with Crippen LogP contribution in [0.15, 0.2) is 12.1 Å². The Labute approximate surface area is 232 Å². The molecule has 0 unspecified atom stereocenters. The van der Waals surface area contributed by atoms with E-state index in [1.165, 1.54) is 0 Å². The highest BCUT2D eigenvalue weighted by Gasteiger charge is 2.38. The summed E-state index contributed by atoms with van der Waals surface area (Å²) in [6, 6.07) is 3.30. The molecule has 0 bridgehead atoms. The van der Waals surface area contributed by atoms with Crippen LogP contribution in [-0.4, -0.2) is 45.9 Å². The maximum absolute atomic E-state index is 12.6. The summed E-state index contributed by atoms with van der Waals surface area (Å²) in [4.78, 5) is 49.4. The zero-order valence-electron chi connectivity index (χ0n) is 25.1. The Morgan fingerprint density at radius 2 is 1.28 bits per heavy atom. The van der Waals surface area contributed by atoms with Gasteiger partial charge in [0.2, 0.25) is 11.8 Å². The summed E-state index contributed by atoms with van der Waals surface area (Å²) in [6.45, 7) is 20.0. The van der Waals surface area contributed by atoms with E-state index in [1.54, 1.807) is 12.1 Å². The van der Waals surface area contributed by atoms with Crippen molar-refractivity contribution in [3.8, 4) is 5.75 Å². The van der Waals surface area contributed by atoms with E-state index in [0.717, 1.165) is 0 Å². The minimum Gasteiger partial charge on any atom is -0.507 e. The standard InChI is InChI=1S/C29H47N5O5/c1-26(2,3)19-13-17(14-20(23(19)37)27(4,5)6)30-21(35)11-12-22(36)32-33-25(39)24(38)31-18-15-28(7,8)34-29(9,10)16-18/h13-14,18,34,37H,11-12,15-16H2,1-10H3,(H,30,35)(H,31,38)(H,32,36)(H,33,39). The maximum Gasteiger partial charge on any atom is 0.327 e. The van der Waals surface area contributed by atoms with Crippen LogP contribution >= 0.6 is 0 Å². The van der Waals surface area contributed by atoms with Crippen LogP contribution in [-0.2, 0) is 30.0 Å². The first-order valence-electron chi connectivity index (χ1n) is 13.5. The van der Waals surface area contributed by atoms with Crippen LogP contribution in [0.3, 0.4) is 0 Å². The summed E-state index contributed by atoms with van der Waals surface area (Å²) in [5.41, 5.74) is 5.15. The number of nitrogens with one attached hydrogen (secondary N) is 5. The fraction of sp³-hybridized carbons (Fsp3) is 0.655. The molecule has 10 heteroatoms. The average molecular weight is 546 g/mol. The molecule has 0 saturated carbocycles. The van der Waals surface area contributed by atoms with Gasteiger partial charge in [0, 0.05) is 46.8 Å². The van der Waals surface area contributed by atoms with Crippen molar-refractivity contribution in [3.05, 3.63) is 23.3 Å². The van der Waals surface area contributed by atoms with Gasteiger partial charge in [0.25, 0.3) is 0 Å². The lowest BCUT2D eigenvalue weighted by Crippen LogP contribution is -2.63. The number of anilines is 1. The third-order valence-corrected chi connectivity index (χ3v) is 6.64. The molecule has 1 saturated heterocycles. The van der Waals surface area contributed by atoms with Crippen molar-refractivity contribution in [2.24, 2.45) is 0 Å². The van der Waals surface area contributed by atoms with Crippen LogP contribution in [0.4, 0.5) is 5.69 Å². The minimum atomic E-state index is -0.976. The third kappa shape index (κ3) is 9.53. The van der Waals surface area contributed by atoms with Crippen LogP contribution in [0.25, 0.3) is 0 Å². The highest BCUT2D eigenvalue weighted by atomic mass is 16.3. The lowest BCUT2D eigenvalue weighted by molar-refractivity contribution is -0.141. The zero-order valence-corrected chi connectivity index (χ0v) is 25.1. The molecule has 1 fully saturated rings. The number of rotatable bonds is 5. The number of hydrogen-bond acceptors (Lipinski definition) is 6. The molecule has 39 heavy (non-hydrogen) atoms. The van der Waals surface area contributed by atoms with Crippen LogP contribution < -0.4 is 26.8 Å². The molecular weight excluding hydrogens is 498 g/mol. The van der Waals surface area contributed by atoms with Gasteiger partial charge in [-0.05, 0) is 63.5 Å². The van der Waals surface area contributed by atoms with E-state index >= 15 is 0 Å². The molecule has 1 aliphatic rings. The molecule has 218 valence electrons. The summed E-state index contributed by atoms with van der Waals surface area (Å²) in [5, 5.41) is 19.9. The van der Waals surface area contributed by atoms with Gasteiger partial charge >= 0.3 is 11.8 Å². The van der Waals surface area contributed by atoms with Crippen molar-refractivity contribution < 1.29 is 24.3 Å². The monoisotopic (exact) mass is 545 g/mol. The number of piperidine rings is 1. The molecule has 1 aromatic carbocycles. The van der Waals surface area contributed by atoms with Crippen molar-refractivity contribution in [1.29, 1.82) is 0 Å². The van der Waals surface area contributed by atoms with Gasteiger partial charge in [-0.15, -0.1) is 0 Å². The first-order chi connectivity index (χ1) is 17.6. The van der Waals surface area contributed by atoms with E-state index in [1.807, 2.05) is 69.2 Å². The molecule has 1 aromatic rings. The van der Waals surface area contributed by atoms with Gasteiger partial charge in [-0.25, -0.2) is 0 Å². The van der Waals surface area contributed by atoms with Crippen molar-refractivity contribution in [1.82, 2.24) is 21.5 Å². The van der Waals surface area contributed by atoms with Gasteiger partial charge < -0.3 is 21.1 Å². The summed E-state index contributed by atoms with van der Waals surface area (Å²) in [5.74, 6) is -2.60. The average Bonchev–Trinajstić information content (AvgIpc) is 2.73. The fourth-order valence-corrected chi connectivity index (χ4v) is 5.22. The molecule has 4 amide bonds. The first-order valence-corrected chi connectivity index (χ1v) is 13.5. The fourth-order valence-electron chi connectivity index (χ4n) is 5.22. The maximum atomic E-state index is 12.6. The molecule has 0 atom stereocenters. The molecule has 6 N–H and O–H groups in total. The topological polar surface area (TPSA) is 149 Å². The zero-order chi connectivity index (χ0) is 30.0. The van der Waals surface area contributed by atoms with E-state index in [-0.39, 0.29) is 46.5 Å². The van der Waals surface area contributed by atoms with E-state index < -0.39 is 23.6 Å². The lowest BCUT2D eigenvalue weighted by atomic mass is 9.79. The van der Waals surface area contributed by atoms with E-state index in [4.69, 9.17) is 0 Å². The van der Waals surface area contributed by atoms with Gasteiger partial charge in [0.15, 0.2) is 0 Å². The highest BCUT2D eigenvalue weighted by molar-refractivity contribution is 6.35. The highest BCUT2D eigenvalue weighted by Crippen LogP contribution is 2.41. The number of carbonyl (C=O) groups is 4. The minimum absolute atomic E-state index is 0.135. The molecule has 0 aromatic heterocycles. The Hall–Kier alpha value is -3.14. The van der Waals surface area contributed by atoms with Crippen LogP contribution in [0, 0.1) is 0 Å². The smallest absolute Gasteiger partial charge is 0.327 e. The van der Waals surface area contributed by atoms with Gasteiger partial charge in [-0.3, -0.25) is 30.0 Å². The number of phenols is 1. The van der Waals surface area contributed by atoms with Crippen LogP contribution in [0.2, 0.25) is 0 Å². The summed E-state index contributed by atoms with van der Waals surface area (Å²) >= 11 is 0. The first kappa shape index (κ1) is 32.1. The predicted octanol–water partition coefficient (Wildman–Crippen LogP) is 3.28. The Bertz CT molecular complexity index is 1060. The van der Waals surface area contributed by atoms with E-state index in [0.29, 0.717) is 29.7 Å². The summed E-state index contributed by atoms with van der Waals surface area (Å²) in [7, 11) is 0. The van der Waals surface area contributed by atoms with Crippen molar-refractivity contribution in [3.63, 3.8) is 0 Å². The Balaban J connectivity index is 1.89. The normalized spacial score (nSPS) is 17.2. The predicted molar refractivity (Wildman–Crippen MR) is 152 cm³/mol. The molecule has 0 spiro atoms. The third-order valence-electron chi connectivity index (χ3n) is 6.64. The quantitative estimate of drug-likeness (QED) is 0.190. The summed E-state index contributed by atoms with van der Waals surface area (Å²) in [6.07, 6.45) is 0.989. The lowest BCUT2D eigenvalue weighted by Gasteiger charge is -2.46. The number of hydrazine groups is 1. The second-order valence-electron chi connectivity index (χ2n) is 13.9. The number of carbonyl (C=O) groups excluding carboxylic acids is 4. The Morgan fingerprint density at radius 1 is 0.821 bits per heavy atom. The number of amides is 4. The number of benzene rings is 1. The van der Waals surface area contributed by atoms with Crippen molar-refractivity contribution in [2.75, 3.05) is 5.32 Å². The van der Waals surface area contributed by atoms with Gasteiger partial charge in [0.1, 0.15) is 5.75 Å². The number of hydrogen-bond donors (Lipinski definition) is 6. The molecule has 0 radical (unpaired) electrons. The van der Waals surface area contributed by atoms with Crippen LogP contribution in [0.5, 0.6) is 5.75 Å². The van der Waals surface area contributed by atoms with Crippen molar-refractivity contribution in [2.45, 2.75) is 123 Å². The molecule has 10 nitrogen and oxygen atoms in total. The summed E-state index contributed by atoms with van der Waals surface area (Å²) < 4.78 is 0. The molecule has 0 aliphatic carbocycles. The number of phenolic OH excluding ortho intramolecular Hbond substituents is 1.